The third kappa shape index (κ3) is 7.97. The molecule has 1 atom stereocenters. The van der Waals surface area contributed by atoms with Gasteiger partial charge in [-0.25, -0.2) is 9.59 Å². The fourth-order valence-electron chi connectivity index (χ4n) is 3.98. The number of carbonyl (C=O) groups excluding carboxylic acids is 1. The Hall–Kier alpha value is -3.01. The van der Waals surface area contributed by atoms with E-state index in [1.54, 1.807) is 12.1 Å². The maximum absolute atomic E-state index is 12.9. The average molecular weight is 435 g/mol. The standard InChI is InChI=1S/C19H27N3O3.C2H2O4/c23-19(21-11-3-1-2-4-12-21)17-8-6-10-20(15-17)14-16-7-5-9-18(13-16)22(24)25;3-1(4)2(5)6/h5,7,9,13,17H,1-4,6,8,10-12,14-15H2;(H,3,4)(H,5,6). The van der Waals surface area contributed by atoms with Crippen LogP contribution in [-0.4, -0.2) is 69.0 Å². The van der Waals surface area contributed by atoms with E-state index in [9.17, 15) is 14.9 Å². The molecule has 1 aromatic rings. The first-order valence-electron chi connectivity index (χ1n) is 10.5. The van der Waals surface area contributed by atoms with Crippen molar-refractivity contribution in [1.82, 2.24) is 9.80 Å². The third-order valence-corrected chi connectivity index (χ3v) is 5.48. The van der Waals surface area contributed by atoms with Gasteiger partial charge in [0, 0.05) is 38.3 Å². The topological polar surface area (TPSA) is 141 Å². The number of likely N-dealkylation sites (tertiary alicyclic amines) is 2. The molecule has 2 aliphatic rings. The zero-order valence-electron chi connectivity index (χ0n) is 17.4. The fraction of sp³-hybridized carbons (Fsp3) is 0.571. The SMILES string of the molecule is O=C(C1CCCN(Cc2cccc([N+](=O)[O-])c2)C1)N1CCCCCC1.O=C(O)C(=O)O. The Labute approximate surface area is 180 Å². The molecule has 2 saturated heterocycles. The summed E-state index contributed by atoms with van der Waals surface area (Å²) < 4.78 is 0. The van der Waals surface area contributed by atoms with Crippen LogP contribution in [0.3, 0.4) is 0 Å². The van der Waals surface area contributed by atoms with Crippen LogP contribution in [0, 0.1) is 16.0 Å². The molecule has 3 rings (SSSR count). The minimum Gasteiger partial charge on any atom is -0.473 e. The number of benzene rings is 1. The molecular formula is C21H29N3O7. The summed E-state index contributed by atoms with van der Waals surface area (Å²) in [6.45, 7) is 4.19. The summed E-state index contributed by atoms with van der Waals surface area (Å²) in [7, 11) is 0. The van der Waals surface area contributed by atoms with Crippen LogP contribution in [0.2, 0.25) is 0 Å². The first kappa shape index (κ1) is 24.3. The zero-order valence-corrected chi connectivity index (χ0v) is 17.4. The molecule has 31 heavy (non-hydrogen) atoms. The maximum Gasteiger partial charge on any atom is 0.414 e. The van der Waals surface area contributed by atoms with Crippen LogP contribution in [0.25, 0.3) is 0 Å². The molecule has 0 spiro atoms. The second-order valence-corrected chi connectivity index (χ2v) is 7.85. The molecule has 1 unspecified atom stereocenters. The summed E-state index contributed by atoms with van der Waals surface area (Å²) in [5.74, 6) is -3.26. The number of rotatable bonds is 4. The minimum atomic E-state index is -1.82. The highest BCUT2D eigenvalue weighted by molar-refractivity contribution is 6.27. The Morgan fingerprint density at radius 2 is 1.65 bits per heavy atom. The van der Waals surface area contributed by atoms with Crippen molar-refractivity contribution in [3.63, 3.8) is 0 Å². The number of nitro benzene ring substituents is 1. The van der Waals surface area contributed by atoms with Crippen molar-refractivity contribution in [2.75, 3.05) is 26.2 Å². The van der Waals surface area contributed by atoms with E-state index in [1.165, 1.54) is 18.9 Å². The van der Waals surface area contributed by atoms with Gasteiger partial charge in [0.1, 0.15) is 0 Å². The summed E-state index contributed by atoms with van der Waals surface area (Å²) in [4.78, 5) is 46.0. The highest BCUT2D eigenvalue weighted by atomic mass is 16.6. The van der Waals surface area contributed by atoms with Gasteiger partial charge in [-0.15, -0.1) is 0 Å². The van der Waals surface area contributed by atoms with E-state index in [4.69, 9.17) is 19.8 Å². The normalized spacial score (nSPS) is 19.5. The number of amides is 1. The van der Waals surface area contributed by atoms with Crippen LogP contribution < -0.4 is 0 Å². The maximum atomic E-state index is 12.9. The predicted octanol–water partition coefficient (Wildman–Crippen LogP) is 2.37. The summed E-state index contributed by atoms with van der Waals surface area (Å²) in [5, 5.41) is 25.7. The second kappa shape index (κ2) is 12.0. The van der Waals surface area contributed by atoms with Crippen LogP contribution in [0.15, 0.2) is 24.3 Å². The van der Waals surface area contributed by atoms with E-state index in [2.05, 4.69) is 9.80 Å². The summed E-state index contributed by atoms with van der Waals surface area (Å²) in [6, 6.07) is 6.82. The highest BCUT2D eigenvalue weighted by Crippen LogP contribution is 2.23. The lowest BCUT2D eigenvalue weighted by Gasteiger charge is -2.34. The van der Waals surface area contributed by atoms with Crippen LogP contribution in [-0.2, 0) is 20.9 Å². The van der Waals surface area contributed by atoms with Crippen molar-refractivity contribution in [3.8, 4) is 0 Å². The molecule has 2 aliphatic heterocycles. The molecule has 0 aromatic heterocycles. The quantitative estimate of drug-likeness (QED) is 0.417. The van der Waals surface area contributed by atoms with E-state index in [-0.39, 0.29) is 16.5 Å². The van der Waals surface area contributed by atoms with E-state index in [0.29, 0.717) is 12.5 Å². The Morgan fingerprint density at radius 3 is 2.23 bits per heavy atom. The number of nitrogens with zero attached hydrogens (tertiary/aromatic N) is 3. The lowest BCUT2D eigenvalue weighted by molar-refractivity contribution is -0.384. The van der Waals surface area contributed by atoms with Gasteiger partial charge < -0.3 is 15.1 Å². The van der Waals surface area contributed by atoms with Crippen LogP contribution in [0.1, 0.15) is 44.1 Å². The monoisotopic (exact) mass is 435 g/mol. The molecule has 0 saturated carbocycles. The van der Waals surface area contributed by atoms with Gasteiger partial charge in [0.05, 0.1) is 10.8 Å². The highest BCUT2D eigenvalue weighted by Gasteiger charge is 2.29. The van der Waals surface area contributed by atoms with Crippen LogP contribution in [0.5, 0.6) is 0 Å². The van der Waals surface area contributed by atoms with Gasteiger partial charge in [-0.2, -0.15) is 0 Å². The number of non-ortho nitro benzene ring substituents is 1. The van der Waals surface area contributed by atoms with Gasteiger partial charge in [-0.3, -0.25) is 19.8 Å². The number of carbonyl (C=O) groups is 3. The number of hydrogen-bond donors (Lipinski definition) is 2. The Balaban J connectivity index is 0.000000501. The number of piperidine rings is 1. The van der Waals surface area contributed by atoms with E-state index in [1.807, 2.05) is 6.07 Å². The number of carboxylic acids is 2. The Kier molecular flexibility index (Phi) is 9.39. The van der Waals surface area contributed by atoms with E-state index >= 15 is 0 Å². The van der Waals surface area contributed by atoms with Gasteiger partial charge in [0.25, 0.3) is 5.69 Å². The molecule has 170 valence electrons. The molecule has 2 heterocycles. The smallest absolute Gasteiger partial charge is 0.414 e. The first-order chi connectivity index (χ1) is 14.8. The van der Waals surface area contributed by atoms with Crippen LogP contribution in [0.4, 0.5) is 5.69 Å². The van der Waals surface area contributed by atoms with Gasteiger partial charge in [-0.05, 0) is 37.8 Å². The lowest BCUT2D eigenvalue weighted by Crippen LogP contribution is -2.44. The van der Waals surface area contributed by atoms with Crippen molar-refractivity contribution in [3.05, 3.63) is 39.9 Å². The van der Waals surface area contributed by atoms with Crippen LogP contribution >= 0.6 is 0 Å². The molecule has 2 fully saturated rings. The molecule has 10 heteroatoms. The number of hydrogen-bond acceptors (Lipinski definition) is 6. The molecule has 2 N–H and O–H groups in total. The summed E-state index contributed by atoms with van der Waals surface area (Å²) in [5.41, 5.74) is 1.07. The predicted molar refractivity (Wildman–Crippen MR) is 111 cm³/mol. The van der Waals surface area contributed by atoms with Gasteiger partial charge in [-0.1, -0.05) is 25.0 Å². The van der Waals surface area contributed by atoms with Gasteiger partial charge in [0.2, 0.25) is 5.91 Å². The van der Waals surface area contributed by atoms with E-state index in [0.717, 1.165) is 57.4 Å². The van der Waals surface area contributed by atoms with Gasteiger partial charge in [0.15, 0.2) is 0 Å². The summed E-state index contributed by atoms with van der Waals surface area (Å²) >= 11 is 0. The zero-order chi connectivity index (χ0) is 22.8. The number of aliphatic carboxylic acids is 2. The molecule has 10 nitrogen and oxygen atoms in total. The van der Waals surface area contributed by atoms with Crippen molar-refractivity contribution >= 4 is 23.5 Å². The number of nitro groups is 1. The summed E-state index contributed by atoms with van der Waals surface area (Å²) in [6.07, 6.45) is 6.67. The van der Waals surface area contributed by atoms with Crippen molar-refractivity contribution in [1.29, 1.82) is 0 Å². The molecule has 0 bridgehead atoms. The molecular weight excluding hydrogens is 406 g/mol. The van der Waals surface area contributed by atoms with Crippen molar-refractivity contribution in [2.24, 2.45) is 5.92 Å². The Bertz CT molecular complexity index is 779. The third-order valence-electron chi connectivity index (χ3n) is 5.48. The van der Waals surface area contributed by atoms with Crippen molar-refractivity contribution < 1.29 is 29.5 Å². The molecule has 0 radical (unpaired) electrons. The van der Waals surface area contributed by atoms with Gasteiger partial charge >= 0.3 is 11.9 Å². The van der Waals surface area contributed by atoms with E-state index < -0.39 is 11.9 Å². The second-order valence-electron chi connectivity index (χ2n) is 7.85. The molecule has 1 amide bonds. The average Bonchev–Trinajstić information content (AvgIpc) is 3.03. The number of carboxylic acid groups (broad SMARTS) is 2. The molecule has 0 aliphatic carbocycles. The first-order valence-corrected chi connectivity index (χ1v) is 10.5. The minimum absolute atomic E-state index is 0.0746. The fourth-order valence-corrected chi connectivity index (χ4v) is 3.98. The molecule has 1 aromatic carbocycles. The largest absolute Gasteiger partial charge is 0.473 e. The van der Waals surface area contributed by atoms with Crippen molar-refractivity contribution in [2.45, 2.75) is 45.1 Å². The Morgan fingerprint density at radius 1 is 1.00 bits per heavy atom. The lowest BCUT2D eigenvalue weighted by atomic mass is 9.96.